The number of fused-ring (bicyclic) bond motifs is 2. The number of aryl methyl sites for hydroxylation is 1. The summed E-state index contributed by atoms with van der Waals surface area (Å²) in [6.07, 6.45) is 0. The summed E-state index contributed by atoms with van der Waals surface area (Å²) in [6, 6.07) is 19.0. The fourth-order valence-corrected chi connectivity index (χ4v) is 4.59. The van der Waals surface area contributed by atoms with Crippen molar-refractivity contribution in [3.05, 3.63) is 97.8 Å². The topological polar surface area (TPSA) is 42.7 Å². The van der Waals surface area contributed by atoms with Gasteiger partial charge < -0.3 is 9.15 Å². The molecule has 4 aromatic rings. The first-order chi connectivity index (χ1) is 15.0. The van der Waals surface area contributed by atoms with Crippen molar-refractivity contribution >= 4 is 34.2 Å². The van der Waals surface area contributed by atoms with E-state index < -0.39 is 0 Å². The van der Waals surface area contributed by atoms with Crippen molar-refractivity contribution < 1.29 is 9.15 Å². The monoisotopic (exact) mass is 451 g/mol. The molecule has 0 saturated heterocycles. The molecule has 0 amide bonds. The lowest BCUT2D eigenvalue weighted by Gasteiger charge is -2.30. The maximum atomic E-state index is 12.3. The SMILES string of the molecule is Cc1c2c(cc3c(-c4ccccc4)cc(=O)oc13)CN(Cc1ccc(Cl)cc1Cl)CO2. The van der Waals surface area contributed by atoms with Crippen LogP contribution >= 0.6 is 23.2 Å². The summed E-state index contributed by atoms with van der Waals surface area (Å²) in [7, 11) is 0. The van der Waals surface area contributed by atoms with Crippen molar-refractivity contribution in [2.45, 2.75) is 20.0 Å². The van der Waals surface area contributed by atoms with E-state index in [1.807, 2.05) is 49.4 Å². The Morgan fingerprint density at radius 3 is 2.61 bits per heavy atom. The second-order valence-corrected chi connectivity index (χ2v) is 8.55. The highest BCUT2D eigenvalue weighted by atomic mass is 35.5. The van der Waals surface area contributed by atoms with E-state index >= 15 is 0 Å². The van der Waals surface area contributed by atoms with Crippen molar-refractivity contribution in [1.82, 2.24) is 4.90 Å². The minimum absolute atomic E-state index is 0.371. The van der Waals surface area contributed by atoms with Crippen molar-refractivity contribution in [2.75, 3.05) is 6.73 Å². The molecule has 1 aliphatic rings. The van der Waals surface area contributed by atoms with Gasteiger partial charge in [0, 0.05) is 45.7 Å². The van der Waals surface area contributed by atoms with E-state index in [0.717, 1.165) is 39.0 Å². The van der Waals surface area contributed by atoms with Crippen molar-refractivity contribution in [2.24, 2.45) is 0 Å². The first-order valence-electron chi connectivity index (χ1n) is 9.94. The number of benzene rings is 3. The van der Waals surface area contributed by atoms with Crippen molar-refractivity contribution in [1.29, 1.82) is 0 Å². The standard InChI is InChI=1S/C25H19Cl2NO3/c1-15-24-18(13-28(14-30-24)12-17-7-8-19(26)10-22(17)27)9-21-20(11-23(29)31-25(15)21)16-5-3-2-4-6-16/h2-11H,12-14H2,1H3. The zero-order valence-corrected chi connectivity index (χ0v) is 18.3. The maximum Gasteiger partial charge on any atom is 0.336 e. The van der Waals surface area contributed by atoms with E-state index in [9.17, 15) is 4.79 Å². The van der Waals surface area contributed by atoms with Gasteiger partial charge in [-0.05, 0) is 41.8 Å². The molecule has 0 N–H and O–H groups in total. The molecule has 6 heteroatoms. The molecule has 2 heterocycles. The van der Waals surface area contributed by atoms with Gasteiger partial charge in [0.25, 0.3) is 0 Å². The molecule has 0 radical (unpaired) electrons. The zero-order chi connectivity index (χ0) is 21.5. The second kappa shape index (κ2) is 8.04. The van der Waals surface area contributed by atoms with Gasteiger partial charge in [0.15, 0.2) is 0 Å². The molecule has 1 aromatic heterocycles. The minimum Gasteiger partial charge on any atom is -0.477 e. The molecule has 0 unspecified atom stereocenters. The van der Waals surface area contributed by atoms with E-state index in [2.05, 4.69) is 11.0 Å². The highest BCUT2D eigenvalue weighted by Gasteiger charge is 2.24. The van der Waals surface area contributed by atoms with Crippen LogP contribution in [0.5, 0.6) is 5.75 Å². The third kappa shape index (κ3) is 3.83. The van der Waals surface area contributed by atoms with Crippen LogP contribution in [0.25, 0.3) is 22.1 Å². The van der Waals surface area contributed by atoms with Crippen LogP contribution in [0.3, 0.4) is 0 Å². The van der Waals surface area contributed by atoms with Crippen LogP contribution < -0.4 is 10.4 Å². The van der Waals surface area contributed by atoms with Crippen LogP contribution in [0.1, 0.15) is 16.7 Å². The molecule has 3 aromatic carbocycles. The summed E-state index contributed by atoms with van der Waals surface area (Å²) in [5, 5.41) is 2.16. The molecule has 1 aliphatic heterocycles. The van der Waals surface area contributed by atoms with Gasteiger partial charge in [-0.2, -0.15) is 0 Å². The Hall–Kier alpha value is -2.79. The molecular weight excluding hydrogens is 433 g/mol. The van der Waals surface area contributed by atoms with Gasteiger partial charge in [-0.3, -0.25) is 4.90 Å². The Morgan fingerprint density at radius 1 is 1.03 bits per heavy atom. The van der Waals surface area contributed by atoms with Crippen LogP contribution in [0.15, 0.2) is 69.9 Å². The number of ether oxygens (including phenoxy) is 1. The van der Waals surface area contributed by atoms with Crippen LogP contribution in [-0.2, 0) is 13.1 Å². The van der Waals surface area contributed by atoms with Gasteiger partial charge >= 0.3 is 5.63 Å². The van der Waals surface area contributed by atoms with E-state index in [-0.39, 0.29) is 5.63 Å². The third-order valence-corrected chi connectivity index (χ3v) is 6.16. The summed E-state index contributed by atoms with van der Waals surface area (Å²) in [5.41, 5.74) is 4.91. The Balaban J connectivity index is 1.57. The van der Waals surface area contributed by atoms with Crippen molar-refractivity contribution in [3.63, 3.8) is 0 Å². The fraction of sp³-hybridized carbons (Fsp3) is 0.160. The largest absolute Gasteiger partial charge is 0.477 e. The third-order valence-electron chi connectivity index (χ3n) is 5.57. The summed E-state index contributed by atoms with van der Waals surface area (Å²) in [4.78, 5) is 14.4. The molecule has 0 bridgehead atoms. The quantitative estimate of drug-likeness (QED) is 0.336. The minimum atomic E-state index is -0.371. The Bertz CT molecular complexity index is 1350. The molecule has 31 heavy (non-hydrogen) atoms. The Kier molecular flexibility index (Phi) is 5.22. The summed E-state index contributed by atoms with van der Waals surface area (Å²) < 4.78 is 11.7. The van der Waals surface area contributed by atoms with Gasteiger partial charge in [-0.1, -0.05) is 59.6 Å². The lowest BCUT2D eigenvalue weighted by molar-refractivity contribution is 0.0881. The average molecular weight is 452 g/mol. The molecule has 5 rings (SSSR count). The number of nitrogens with zero attached hydrogens (tertiary/aromatic N) is 1. The molecular formula is C25H19Cl2NO3. The molecule has 156 valence electrons. The normalized spacial score (nSPS) is 13.8. The molecule has 0 atom stereocenters. The van der Waals surface area contributed by atoms with E-state index in [4.69, 9.17) is 32.4 Å². The van der Waals surface area contributed by atoms with Gasteiger partial charge in [-0.15, -0.1) is 0 Å². The zero-order valence-electron chi connectivity index (χ0n) is 16.8. The van der Waals surface area contributed by atoms with Gasteiger partial charge in [0.05, 0.1) is 0 Å². The summed E-state index contributed by atoms with van der Waals surface area (Å²) in [6.45, 7) is 3.69. The predicted octanol–water partition coefficient (Wildman–Crippen LogP) is 6.43. The maximum absolute atomic E-state index is 12.3. The van der Waals surface area contributed by atoms with Crippen LogP contribution in [0, 0.1) is 6.92 Å². The molecule has 0 aliphatic carbocycles. The smallest absolute Gasteiger partial charge is 0.336 e. The first kappa shape index (κ1) is 20.1. The average Bonchev–Trinajstić information content (AvgIpc) is 2.76. The summed E-state index contributed by atoms with van der Waals surface area (Å²) in [5.74, 6) is 0.777. The Labute approximate surface area is 189 Å². The van der Waals surface area contributed by atoms with E-state index in [1.54, 1.807) is 12.1 Å². The van der Waals surface area contributed by atoms with Gasteiger partial charge in [0.1, 0.15) is 18.1 Å². The highest BCUT2D eigenvalue weighted by molar-refractivity contribution is 6.35. The van der Waals surface area contributed by atoms with Crippen LogP contribution in [0.2, 0.25) is 10.0 Å². The number of hydrogen-bond acceptors (Lipinski definition) is 4. The second-order valence-electron chi connectivity index (χ2n) is 7.71. The lowest BCUT2D eigenvalue weighted by atomic mass is 9.97. The number of hydrogen-bond donors (Lipinski definition) is 0. The number of halogens is 2. The van der Waals surface area contributed by atoms with Crippen molar-refractivity contribution in [3.8, 4) is 16.9 Å². The summed E-state index contributed by atoms with van der Waals surface area (Å²) >= 11 is 12.4. The molecule has 0 spiro atoms. The molecule has 0 saturated carbocycles. The van der Waals surface area contributed by atoms with Gasteiger partial charge in [0.2, 0.25) is 0 Å². The Morgan fingerprint density at radius 2 is 1.84 bits per heavy atom. The van der Waals surface area contributed by atoms with Crippen LogP contribution in [0.4, 0.5) is 0 Å². The number of rotatable bonds is 3. The van der Waals surface area contributed by atoms with E-state index in [0.29, 0.717) is 35.4 Å². The fourth-order valence-electron chi connectivity index (χ4n) is 4.12. The highest BCUT2D eigenvalue weighted by Crippen LogP contribution is 2.38. The predicted molar refractivity (Wildman–Crippen MR) is 124 cm³/mol. The molecule has 4 nitrogen and oxygen atoms in total. The van der Waals surface area contributed by atoms with E-state index in [1.165, 1.54) is 0 Å². The van der Waals surface area contributed by atoms with Gasteiger partial charge in [-0.25, -0.2) is 4.79 Å². The lowest BCUT2D eigenvalue weighted by Crippen LogP contribution is -2.32. The first-order valence-corrected chi connectivity index (χ1v) is 10.7. The van der Waals surface area contributed by atoms with Crippen LogP contribution in [-0.4, -0.2) is 11.6 Å². The molecule has 0 fully saturated rings.